The Labute approximate surface area is 260 Å². The molecule has 3 heterocycles. The van der Waals surface area contributed by atoms with E-state index in [0.717, 1.165) is 43.7 Å². The Morgan fingerprint density at radius 2 is 1.70 bits per heavy atom. The van der Waals surface area contributed by atoms with Crippen LogP contribution in [-0.2, 0) is 16.4 Å². The van der Waals surface area contributed by atoms with Crippen LogP contribution in [-0.4, -0.2) is 68.8 Å². The van der Waals surface area contributed by atoms with E-state index in [9.17, 15) is 8.42 Å². The number of likely N-dealkylation sites (tertiary alicyclic amines) is 1. The van der Waals surface area contributed by atoms with Gasteiger partial charge in [-0.15, -0.1) is 0 Å². The van der Waals surface area contributed by atoms with E-state index in [1.54, 1.807) is 13.0 Å². The van der Waals surface area contributed by atoms with E-state index in [1.165, 1.54) is 42.6 Å². The summed E-state index contributed by atoms with van der Waals surface area (Å²) in [6.07, 6.45) is 10.5. The number of halogens is 1. The second kappa shape index (κ2) is 12.4. The molecule has 2 aliphatic heterocycles. The van der Waals surface area contributed by atoms with Crippen LogP contribution in [0.25, 0.3) is 6.08 Å². The predicted octanol–water partition coefficient (Wildman–Crippen LogP) is 6.16. The summed E-state index contributed by atoms with van der Waals surface area (Å²) in [4.78, 5) is 14.1. The Kier molecular flexibility index (Phi) is 8.52. The number of nitrogens with one attached hydrogen (secondary N) is 2. The Balaban J connectivity index is 1.19. The van der Waals surface area contributed by atoms with E-state index in [1.807, 2.05) is 42.5 Å². The Bertz CT molecular complexity index is 1640. The number of para-hydroxylation sites is 2. The van der Waals surface area contributed by atoms with Gasteiger partial charge in [0.15, 0.2) is 0 Å². The van der Waals surface area contributed by atoms with Gasteiger partial charge in [0, 0.05) is 37.3 Å². The zero-order valence-corrected chi connectivity index (χ0v) is 26.6. The molecule has 234 valence electrons. The fourth-order valence-corrected chi connectivity index (χ4v) is 7.82. The summed E-state index contributed by atoms with van der Waals surface area (Å²) in [5.74, 6) is 0.628. The van der Waals surface area contributed by atoms with Gasteiger partial charge in [0.25, 0.3) is 0 Å². The summed E-state index contributed by atoms with van der Waals surface area (Å²) in [5.41, 5.74) is 4.44. The first kappa shape index (κ1) is 30.3. The highest BCUT2D eigenvalue weighted by molar-refractivity contribution is 7.92. The number of anilines is 6. The van der Waals surface area contributed by atoms with Gasteiger partial charge in [-0.2, -0.15) is 4.98 Å². The predicted molar refractivity (Wildman–Crippen MR) is 177 cm³/mol. The average molecular weight is 620 g/mol. The van der Waals surface area contributed by atoms with E-state index >= 15 is 4.39 Å². The molecule has 1 aliphatic carbocycles. The minimum Gasteiger partial charge on any atom is -0.369 e. The van der Waals surface area contributed by atoms with Gasteiger partial charge in [0.1, 0.15) is 11.6 Å². The van der Waals surface area contributed by atoms with Gasteiger partial charge in [0.2, 0.25) is 16.0 Å². The van der Waals surface area contributed by atoms with E-state index in [0.29, 0.717) is 52.9 Å². The van der Waals surface area contributed by atoms with Crippen LogP contribution < -0.4 is 19.8 Å². The molecule has 3 aliphatic rings. The first-order valence-corrected chi connectivity index (χ1v) is 17.5. The average Bonchev–Trinajstić information content (AvgIpc) is 3.48. The first-order valence-electron chi connectivity index (χ1n) is 15.6. The summed E-state index contributed by atoms with van der Waals surface area (Å²) in [6.45, 7) is 9.55. The number of benzene rings is 2. The zero-order chi connectivity index (χ0) is 30.9. The van der Waals surface area contributed by atoms with Gasteiger partial charge < -0.3 is 20.4 Å². The standard InChI is InChI=1S/C33H42FN7O2S/c1-4-39-19-15-33(16-20-39)17-21-40(22-18-33)29-14-13-24(23-26(29)34)35-32-37-27-11-8-9-25(27)31(38-32)36-28-10-6-7-12-30(28)41(5-2)44(3,42)43/h6-10,12-14,23H,4-5,11,15-22H2,1-3H3,(H2,35,36,37,38). The molecule has 2 aromatic carbocycles. The highest BCUT2D eigenvalue weighted by atomic mass is 32.2. The molecule has 0 atom stereocenters. The van der Waals surface area contributed by atoms with Crippen molar-refractivity contribution in [1.29, 1.82) is 0 Å². The molecule has 3 aromatic rings. The van der Waals surface area contributed by atoms with E-state index in [-0.39, 0.29) is 5.82 Å². The number of piperidine rings is 2. The minimum atomic E-state index is -3.48. The van der Waals surface area contributed by atoms with Gasteiger partial charge in [-0.1, -0.05) is 31.2 Å². The summed E-state index contributed by atoms with van der Waals surface area (Å²) < 4.78 is 41.8. The Morgan fingerprint density at radius 3 is 2.39 bits per heavy atom. The third kappa shape index (κ3) is 6.25. The number of aromatic nitrogens is 2. The summed E-state index contributed by atoms with van der Waals surface area (Å²) in [7, 11) is -3.48. The third-order valence-electron chi connectivity index (χ3n) is 9.47. The quantitative estimate of drug-likeness (QED) is 0.294. The molecular weight excluding hydrogens is 577 g/mol. The van der Waals surface area contributed by atoms with E-state index < -0.39 is 10.0 Å². The number of rotatable bonds is 9. The molecule has 0 saturated carbocycles. The van der Waals surface area contributed by atoms with Crippen LogP contribution in [0, 0.1) is 11.2 Å². The molecule has 2 N–H and O–H groups in total. The molecule has 0 radical (unpaired) electrons. The maximum atomic E-state index is 15.5. The number of hydrogen-bond acceptors (Lipinski definition) is 8. The van der Waals surface area contributed by atoms with Crippen molar-refractivity contribution in [3.05, 3.63) is 65.6 Å². The van der Waals surface area contributed by atoms with Crippen molar-refractivity contribution in [1.82, 2.24) is 14.9 Å². The van der Waals surface area contributed by atoms with Crippen LogP contribution in [0.4, 0.5) is 38.9 Å². The van der Waals surface area contributed by atoms with Crippen LogP contribution >= 0.6 is 0 Å². The summed E-state index contributed by atoms with van der Waals surface area (Å²) in [6, 6.07) is 12.5. The lowest BCUT2D eigenvalue weighted by molar-refractivity contribution is 0.0830. The lowest BCUT2D eigenvalue weighted by atomic mass is 9.71. The molecule has 2 saturated heterocycles. The van der Waals surface area contributed by atoms with E-state index in [4.69, 9.17) is 9.97 Å². The fraction of sp³-hybridized carbons (Fsp3) is 0.455. The molecule has 0 unspecified atom stereocenters. The van der Waals surface area contributed by atoms with Gasteiger partial charge in [0.05, 0.1) is 29.0 Å². The molecular formula is C33H42FN7O2S. The molecule has 11 heteroatoms. The molecule has 9 nitrogen and oxygen atoms in total. The number of nitrogens with zero attached hydrogens (tertiary/aromatic N) is 5. The normalized spacial score (nSPS) is 18.0. The van der Waals surface area contributed by atoms with Gasteiger partial charge in [-0.25, -0.2) is 17.8 Å². The Morgan fingerprint density at radius 1 is 0.977 bits per heavy atom. The maximum Gasteiger partial charge on any atom is 0.232 e. The number of allylic oxidation sites excluding steroid dienone is 1. The minimum absolute atomic E-state index is 0.262. The van der Waals surface area contributed by atoms with Crippen molar-refractivity contribution in [2.45, 2.75) is 46.0 Å². The molecule has 2 fully saturated rings. The van der Waals surface area contributed by atoms with Gasteiger partial charge in [-0.05, 0) is 88.0 Å². The second-order valence-corrected chi connectivity index (χ2v) is 14.1. The van der Waals surface area contributed by atoms with Crippen LogP contribution in [0.3, 0.4) is 0 Å². The largest absolute Gasteiger partial charge is 0.369 e. The van der Waals surface area contributed by atoms with E-state index in [2.05, 4.69) is 27.4 Å². The number of hydrogen-bond donors (Lipinski definition) is 2. The zero-order valence-electron chi connectivity index (χ0n) is 25.8. The topological polar surface area (TPSA) is 93.7 Å². The van der Waals surface area contributed by atoms with Crippen molar-refractivity contribution in [3.8, 4) is 0 Å². The summed E-state index contributed by atoms with van der Waals surface area (Å²) >= 11 is 0. The highest BCUT2D eigenvalue weighted by Gasteiger charge is 2.37. The Hall–Kier alpha value is -3.70. The maximum absolute atomic E-state index is 15.5. The second-order valence-electron chi connectivity index (χ2n) is 12.1. The molecule has 0 amide bonds. The van der Waals surface area contributed by atoms with Gasteiger partial charge in [-0.3, -0.25) is 4.31 Å². The lowest BCUT2D eigenvalue weighted by Gasteiger charge is -2.47. The van der Waals surface area contributed by atoms with Crippen molar-refractivity contribution < 1.29 is 12.8 Å². The molecule has 0 bridgehead atoms. The monoisotopic (exact) mass is 619 g/mol. The summed E-state index contributed by atoms with van der Waals surface area (Å²) in [5, 5.41) is 6.55. The van der Waals surface area contributed by atoms with Crippen LogP contribution in [0.2, 0.25) is 0 Å². The van der Waals surface area contributed by atoms with Crippen LogP contribution in [0.5, 0.6) is 0 Å². The number of sulfonamides is 1. The highest BCUT2D eigenvalue weighted by Crippen LogP contribution is 2.42. The third-order valence-corrected chi connectivity index (χ3v) is 10.7. The van der Waals surface area contributed by atoms with Gasteiger partial charge >= 0.3 is 0 Å². The molecule has 1 aromatic heterocycles. The molecule has 44 heavy (non-hydrogen) atoms. The number of fused-ring (bicyclic) bond motifs is 1. The SMILES string of the molecule is CCN1CCC2(CC1)CCN(c1ccc(Nc3nc4c(c(Nc5ccccc5N(CC)S(C)(=O)=O)n3)C=CC4)cc1F)CC2. The fourth-order valence-electron chi connectivity index (χ4n) is 6.83. The molecule has 6 rings (SSSR count). The molecule has 1 spiro atoms. The van der Waals surface area contributed by atoms with Crippen molar-refractivity contribution in [2.75, 3.05) is 65.4 Å². The first-order chi connectivity index (χ1) is 21.2. The smallest absolute Gasteiger partial charge is 0.232 e. The van der Waals surface area contributed by atoms with Crippen LogP contribution in [0.15, 0.2) is 48.5 Å². The lowest BCUT2D eigenvalue weighted by Crippen LogP contribution is -2.47. The van der Waals surface area contributed by atoms with Crippen molar-refractivity contribution >= 4 is 50.6 Å². The van der Waals surface area contributed by atoms with Crippen molar-refractivity contribution in [3.63, 3.8) is 0 Å². The van der Waals surface area contributed by atoms with Crippen molar-refractivity contribution in [2.24, 2.45) is 5.41 Å². The van der Waals surface area contributed by atoms with Crippen LogP contribution in [0.1, 0.15) is 50.8 Å².